The van der Waals surface area contributed by atoms with Crippen LogP contribution in [-0.2, 0) is 9.98 Å². The molecule has 0 unspecified atom stereocenters. The molecule has 12 aromatic rings. The van der Waals surface area contributed by atoms with Crippen molar-refractivity contribution in [1.82, 2.24) is 9.97 Å². The average Bonchev–Trinajstić information content (AvgIpc) is 3.89. The lowest BCUT2D eigenvalue weighted by Gasteiger charge is -2.39. The van der Waals surface area contributed by atoms with Crippen molar-refractivity contribution in [3.63, 3.8) is 0 Å². The molecule has 2 aromatic heterocycles. The minimum Gasteiger partial charge on any atom is -0.457 e. The lowest BCUT2D eigenvalue weighted by atomic mass is 9.66. The summed E-state index contributed by atoms with van der Waals surface area (Å²) in [6, 6.07) is 71.7. The van der Waals surface area contributed by atoms with Gasteiger partial charge in [-0.3, -0.25) is 0 Å². The molecule has 1 aliphatic heterocycles. The molecule has 4 nitrogen and oxygen atoms in total. The number of hydrogen-bond donors (Lipinski definition) is 0. The van der Waals surface area contributed by atoms with Gasteiger partial charge in [-0.05, 0) is 109 Å². The number of thiophene rings is 1. The first-order chi connectivity index (χ1) is 32.9. The van der Waals surface area contributed by atoms with Gasteiger partial charge in [0, 0.05) is 37.6 Å². The first kappa shape index (κ1) is 38.6. The van der Waals surface area contributed by atoms with Crippen LogP contribution in [0.3, 0.4) is 0 Å². The van der Waals surface area contributed by atoms with Gasteiger partial charge in [-0.15, -0.1) is 11.3 Å². The minimum atomic E-state index is -2.52. The number of nitrogens with zero attached hydrogens (tertiary/aromatic N) is 2. The predicted octanol–water partition coefficient (Wildman–Crippen LogP) is 16.0. The molecule has 0 saturated heterocycles. The van der Waals surface area contributed by atoms with Gasteiger partial charge in [-0.25, -0.2) is 9.97 Å². The van der Waals surface area contributed by atoms with Crippen molar-refractivity contribution in [1.29, 1.82) is 0 Å². The molecule has 0 saturated carbocycles. The number of para-hydroxylation sites is 2. The van der Waals surface area contributed by atoms with E-state index in [1.54, 1.807) is 11.3 Å². The van der Waals surface area contributed by atoms with Gasteiger partial charge in [0.05, 0.1) is 21.3 Å². The molecule has 6 heteroatoms. The van der Waals surface area contributed by atoms with E-state index in [1.165, 1.54) is 37.7 Å². The maximum Gasteiger partial charge on any atom is 0.161 e. The van der Waals surface area contributed by atoms with E-state index >= 15 is 0 Å². The molecule has 1 spiro atoms. The van der Waals surface area contributed by atoms with Crippen LogP contribution in [0, 0.1) is 0 Å². The van der Waals surface area contributed by atoms with E-state index in [2.05, 4.69) is 188 Å². The highest BCUT2D eigenvalue weighted by atomic mass is 32.1. The summed E-state index contributed by atoms with van der Waals surface area (Å²) in [5.41, 5.74) is 12.6. The third kappa shape index (κ3) is 5.44. The Labute approximate surface area is 391 Å². The summed E-state index contributed by atoms with van der Waals surface area (Å²) in [6.07, 6.45) is 0. The number of benzene rings is 10. The summed E-state index contributed by atoms with van der Waals surface area (Å²) >= 11 is 1.76. The SMILES string of the molecule is CP(C)(=O)c1cccc(-c2c3ccccc3c(-c3nc(-c4ccc5c(c4)-c4c(ccc6ccccc46)C54c5ccccc5Oc5ccccc54)c4sc5ccccc5c4n3)c3ccccc23)c1. The van der Waals surface area contributed by atoms with Gasteiger partial charge in [0.25, 0.3) is 0 Å². The third-order valence-electron chi connectivity index (χ3n) is 14.2. The van der Waals surface area contributed by atoms with Crippen molar-refractivity contribution >= 4 is 76.4 Å². The summed E-state index contributed by atoms with van der Waals surface area (Å²) in [7, 11) is -2.52. The van der Waals surface area contributed by atoms with Crippen LogP contribution in [0.4, 0.5) is 0 Å². The van der Waals surface area contributed by atoms with Gasteiger partial charge < -0.3 is 9.30 Å². The molecular weight excluding hydrogens is 856 g/mol. The highest BCUT2D eigenvalue weighted by Gasteiger charge is 2.51. The quantitative estimate of drug-likeness (QED) is 0.130. The summed E-state index contributed by atoms with van der Waals surface area (Å²) < 4.78 is 22.4. The van der Waals surface area contributed by atoms with E-state index in [-0.39, 0.29) is 0 Å². The smallest absolute Gasteiger partial charge is 0.161 e. The molecule has 0 N–H and O–H groups in total. The Morgan fingerprint density at radius 3 is 1.78 bits per heavy atom. The zero-order valence-corrected chi connectivity index (χ0v) is 38.3. The second kappa shape index (κ2) is 14.2. The fraction of sp³-hybridized carbons (Fsp3) is 0.0492. The first-order valence-electron chi connectivity index (χ1n) is 22.7. The van der Waals surface area contributed by atoms with Crippen molar-refractivity contribution in [3.05, 3.63) is 222 Å². The Balaban J connectivity index is 1.07. The molecule has 0 radical (unpaired) electrons. The molecule has 2 aliphatic rings. The Morgan fingerprint density at radius 2 is 1.07 bits per heavy atom. The van der Waals surface area contributed by atoms with Crippen LogP contribution in [-0.4, -0.2) is 23.3 Å². The Kier molecular flexibility index (Phi) is 8.15. The van der Waals surface area contributed by atoms with Crippen molar-refractivity contribution < 1.29 is 9.30 Å². The Hall–Kier alpha value is -7.69. The number of aromatic nitrogens is 2. The number of hydrogen-bond acceptors (Lipinski definition) is 5. The largest absolute Gasteiger partial charge is 0.457 e. The molecule has 0 bridgehead atoms. The molecule has 0 fully saturated rings. The highest BCUT2D eigenvalue weighted by molar-refractivity contribution is 7.70. The lowest BCUT2D eigenvalue weighted by molar-refractivity contribution is 0.436. The Morgan fingerprint density at radius 1 is 0.478 bits per heavy atom. The molecule has 14 rings (SSSR count). The molecule has 10 aromatic carbocycles. The number of rotatable bonds is 4. The average molecular weight is 895 g/mol. The standard InChI is InChI=1S/C61H39N2O2PS/c1-66(2,64)39-18-15-17-37(34-39)54-41-20-5-7-22-43(41)56(44-23-8-6-21-42(44)54)60-62-57(59-58(63-60)45-24-9-14-29-53(45)67-59)38-31-32-47-46(35-38)55-40-19-4-3-16-36(40)30-33-50(55)61(47)48-25-10-12-27-51(48)65-52-28-13-11-26-49(52)61/h3-35H,1-2H3. The van der Waals surface area contributed by atoms with Gasteiger partial charge in [0.15, 0.2) is 5.82 Å². The molecule has 1 aliphatic carbocycles. The maximum atomic E-state index is 13.4. The van der Waals surface area contributed by atoms with Crippen LogP contribution in [0.5, 0.6) is 11.5 Å². The third-order valence-corrected chi connectivity index (χ3v) is 16.9. The molecule has 0 atom stereocenters. The highest BCUT2D eigenvalue weighted by Crippen LogP contribution is 2.63. The molecule has 0 amide bonds. The van der Waals surface area contributed by atoms with E-state index in [0.29, 0.717) is 5.82 Å². The van der Waals surface area contributed by atoms with E-state index < -0.39 is 12.6 Å². The fourth-order valence-corrected chi connectivity index (χ4v) is 13.4. The maximum absolute atomic E-state index is 13.4. The van der Waals surface area contributed by atoms with Gasteiger partial charge >= 0.3 is 0 Å². The minimum absolute atomic E-state index is 0.604. The normalized spacial score (nSPS) is 13.5. The van der Waals surface area contributed by atoms with Crippen LogP contribution < -0.4 is 10.0 Å². The number of fused-ring (bicyclic) bond motifs is 16. The van der Waals surface area contributed by atoms with Crippen molar-refractivity contribution in [2.75, 3.05) is 13.3 Å². The Bertz CT molecular complexity index is 4060. The fourth-order valence-electron chi connectivity index (χ4n) is 11.4. The first-order valence-corrected chi connectivity index (χ1v) is 26.1. The summed E-state index contributed by atoms with van der Waals surface area (Å²) in [6.45, 7) is 3.68. The van der Waals surface area contributed by atoms with Gasteiger partial charge in [0.2, 0.25) is 0 Å². The molecular formula is C61H39N2O2PS. The van der Waals surface area contributed by atoms with Gasteiger partial charge in [-0.2, -0.15) is 0 Å². The molecule has 67 heavy (non-hydrogen) atoms. The number of ether oxygens (including phenoxy) is 1. The molecule has 316 valence electrons. The van der Waals surface area contributed by atoms with Crippen molar-refractivity contribution in [3.8, 4) is 56.4 Å². The predicted molar refractivity (Wildman–Crippen MR) is 280 cm³/mol. The lowest BCUT2D eigenvalue weighted by Crippen LogP contribution is -2.32. The van der Waals surface area contributed by atoms with E-state index in [9.17, 15) is 4.57 Å². The van der Waals surface area contributed by atoms with Crippen molar-refractivity contribution in [2.24, 2.45) is 0 Å². The zero-order chi connectivity index (χ0) is 44.6. The summed E-state index contributed by atoms with van der Waals surface area (Å²) in [5.74, 6) is 2.43. The second-order valence-electron chi connectivity index (χ2n) is 18.2. The van der Waals surface area contributed by atoms with Crippen LogP contribution in [0.2, 0.25) is 0 Å². The van der Waals surface area contributed by atoms with E-state index in [4.69, 9.17) is 14.7 Å². The van der Waals surface area contributed by atoms with Crippen LogP contribution in [0.15, 0.2) is 200 Å². The van der Waals surface area contributed by atoms with Crippen molar-refractivity contribution in [2.45, 2.75) is 5.41 Å². The van der Waals surface area contributed by atoms with Crippen LogP contribution in [0.1, 0.15) is 22.3 Å². The summed E-state index contributed by atoms with van der Waals surface area (Å²) in [5, 5.41) is 8.73. The van der Waals surface area contributed by atoms with E-state index in [0.717, 1.165) is 93.0 Å². The van der Waals surface area contributed by atoms with Gasteiger partial charge in [-0.1, -0.05) is 170 Å². The second-order valence-corrected chi connectivity index (χ2v) is 22.5. The summed E-state index contributed by atoms with van der Waals surface area (Å²) in [4.78, 5) is 11.3. The van der Waals surface area contributed by atoms with E-state index in [1.807, 2.05) is 25.5 Å². The van der Waals surface area contributed by atoms with Crippen LogP contribution >= 0.6 is 18.5 Å². The zero-order valence-electron chi connectivity index (χ0n) is 36.6. The topological polar surface area (TPSA) is 52.1 Å². The van der Waals surface area contributed by atoms with Crippen LogP contribution in [0.25, 0.3) is 97.5 Å². The monoisotopic (exact) mass is 894 g/mol. The molecule has 3 heterocycles. The van der Waals surface area contributed by atoms with Gasteiger partial charge in [0.1, 0.15) is 18.6 Å².